The van der Waals surface area contributed by atoms with E-state index in [0.29, 0.717) is 18.7 Å². The van der Waals surface area contributed by atoms with Crippen LogP contribution in [0.5, 0.6) is 5.75 Å². The van der Waals surface area contributed by atoms with Crippen LogP contribution in [0, 0.1) is 6.92 Å². The molecule has 0 atom stereocenters. The van der Waals surface area contributed by atoms with Gasteiger partial charge in [0.05, 0.1) is 18.0 Å². The van der Waals surface area contributed by atoms with Crippen LogP contribution in [0.25, 0.3) is 0 Å². The molecule has 146 valence electrons. The van der Waals surface area contributed by atoms with Gasteiger partial charge in [0.2, 0.25) is 10.0 Å². The number of rotatable bonds is 10. The summed E-state index contributed by atoms with van der Waals surface area (Å²) in [5.74, 6) is 0.457. The fourth-order valence-electron chi connectivity index (χ4n) is 2.29. The topological polar surface area (TPSA) is 93.7 Å². The Bertz CT molecular complexity index is 851. The van der Waals surface area contributed by atoms with Gasteiger partial charge in [-0.25, -0.2) is 13.1 Å². The number of hydrogen-bond donors (Lipinski definition) is 2. The highest BCUT2D eigenvalue weighted by atomic mass is 32.2. The smallest absolute Gasteiger partial charge is 0.251 e. The lowest BCUT2D eigenvalue weighted by Crippen LogP contribution is -2.29. The van der Waals surface area contributed by atoms with Crippen molar-refractivity contribution in [2.75, 3.05) is 33.4 Å². The summed E-state index contributed by atoms with van der Waals surface area (Å²) in [6.45, 7) is 3.12. The van der Waals surface area contributed by atoms with Crippen LogP contribution in [0.4, 0.5) is 0 Å². The Balaban J connectivity index is 1.82. The molecule has 8 heteroatoms. The van der Waals surface area contributed by atoms with Crippen molar-refractivity contribution < 1.29 is 22.7 Å². The van der Waals surface area contributed by atoms with Crippen molar-refractivity contribution in [1.82, 2.24) is 10.0 Å². The second kappa shape index (κ2) is 10.1. The van der Waals surface area contributed by atoms with Crippen molar-refractivity contribution in [3.8, 4) is 5.75 Å². The third kappa shape index (κ3) is 6.67. The van der Waals surface area contributed by atoms with E-state index in [1.54, 1.807) is 0 Å². The van der Waals surface area contributed by atoms with Crippen molar-refractivity contribution in [2.24, 2.45) is 0 Å². The van der Waals surface area contributed by atoms with E-state index in [0.717, 1.165) is 11.3 Å². The highest BCUT2D eigenvalue weighted by molar-refractivity contribution is 7.89. The largest absolute Gasteiger partial charge is 0.492 e. The summed E-state index contributed by atoms with van der Waals surface area (Å²) in [6.07, 6.45) is 0. The minimum absolute atomic E-state index is 0.0953. The molecular formula is C19H24N2O5S. The maximum atomic E-state index is 12.1. The number of sulfonamides is 1. The van der Waals surface area contributed by atoms with E-state index >= 15 is 0 Å². The van der Waals surface area contributed by atoms with E-state index in [-0.39, 0.29) is 24.0 Å². The summed E-state index contributed by atoms with van der Waals surface area (Å²) < 4.78 is 36.9. The first kappa shape index (κ1) is 20.9. The molecule has 2 N–H and O–H groups in total. The molecular weight excluding hydrogens is 368 g/mol. The van der Waals surface area contributed by atoms with Gasteiger partial charge in [-0.3, -0.25) is 4.79 Å². The van der Waals surface area contributed by atoms with Gasteiger partial charge in [-0.1, -0.05) is 12.1 Å². The molecule has 0 unspecified atom stereocenters. The normalized spacial score (nSPS) is 11.2. The first-order valence-electron chi connectivity index (χ1n) is 8.49. The van der Waals surface area contributed by atoms with Crippen molar-refractivity contribution in [3.63, 3.8) is 0 Å². The van der Waals surface area contributed by atoms with Gasteiger partial charge in [0.15, 0.2) is 0 Å². The van der Waals surface area contributed by atoms with Gasteiger partial charge in [-0.15, -0.1) is 0 Å². The number of aryl methyl sites for hydroxylation is 1. The van der Waals surface area contributed by atoms with Crippen LogP contribution < -0.4 is 14.8 Å². The van der Waals surface area contributed by atoms with Crippen molar-refractivity contribution >= 4 is 15.9 Å². The zero-order chi connectivity index (χ0) is 19.7. The number of amides is 1. The lowest BCUT2D eigenvalue weighted by Gasteiger charge is -2.09. The maximum absolute atomic E-state index is 12.1. The molecule has 27 heavy (non-hydrogen) atoms. The molecule has 0 saturated carbocycles. The number of carbonyl (C=O) groups is 1. The molecule has 0 bridgehead atoms. The predicted molar refractivity (Wildman–Crippen MR) is 103 cm³/mol. The van der Waals surface area contributed by atoms with Gasteiger partial charge in [-0.2, -0.15) is 0 Å². The minimum atomic E-state index is -3.61. The molecule has 0 saturated heterocycles. The summed E-state index contributed by atoms with van der Waals surface area (Å²) >= 11 is 0. The first-order valence-corrected chi connectivity index (χ1v) is 9.97. The molecule has 0 heterocycles. The lowest BCUT2D eigenvalue weighted by molar-refractivity contribution is 0.0947. The molecule has 2 aromatic rings. The Kier molecular flexibility index (Phi) is 7.78. The SMILES string of the molecule is COCCNS(=O)(=O)c1ccc(C(=O)NCCOc2cccc(C)c2)cc1. The van der Waals surface area contributed by atoms with Crippen LogP contribution in [0.1, 0.15) is 15.9 Å². The third-order valence-corrected chi connectivity index (χ3v) is 5.15. The zero-order valence-corrected chi connectivity index (χ0v) is 16.2. The average molecular weight is 392 g/mol. The molecule has 7 nitrogen and oxygen atoms in total. The van der Waals surface area contributed by atoms with Crippen LogP contribution in [-0.2, 0) is 14.8 Å². The quantitative estimate of drug-likeness (QED) is 0.601. The number of benzene rings is 2. The summed E-state index contributed by atoms with van der Waals surface area (Å²) in [4.78, 5) is 12.2. The number of hydrogen-bond acceptors (Lipinski definition) is 5. The molecule has 0 aliphatic heterocycles. The number of methoxy groups -OCH3 is 1. The summed E-state index contributed by atoms with van der Waals surface area (Å²) in [5, 5.41) is 2.74. The van der Waals surface area contributed by atoms with Crippen LogP contribution in [0.3, 0.4) is 0 Å². The zero-order valence-electron chi connectivity index (χ0n) is 15.4. The molecule has 2 aromatic carbocycles. The molecule has 0 aliphatic carbocycles. The lowest BCUT2D eigenvalue weighted by atomic mass is 10.2. The summed E-state index contributed by atoms with van der Waals surface area (Å²) in [7, 11) is -2.12. The van der Waals surface area contributed by atoms with Gasteiger partial charge in [-0.05, 0) is 48.9 Å². The van der Waals surface area contributed by atoms with E-state index in [2.05, 4.69) is 10.0 Å². The van der Waals surface area contributed by atoms with Gasteiger partial charge < -0.3 is 14.8 Å². The molecule has 0 fully saturated rings. The Morgan fingerprint density at radius 1 is 1.04 bits per heavy atom. The molecule has 0 aliphatic rings. The second-order valence-electron chi connectivity index (χ2n) is 5.84. The Hall–Kier alpha value is -2.42. The van der Waals surface area contributed by atoms with Crippen molar-refractivity contribution in [2.45, 2.75) is 11.8 Å². The van der Waals surface area contributed by atoms with Crippen LogP contribution >= 0.6 is 0 Å². The summed E-state index contributed by atoms with van der Waals surface area (Å²) in [6, 6.07) is 13.4. The van der Waals surface area contributed by atoms with Crippen LogP contribution in [0.15, 0.2) is 53.4 Å². The number of ether oxygens (including phenoxy) is 2. The standard InChI is InChI=1S/C19H24N2O5S/c1-15-4-3-5-17(14-15)26-13-10-20-19(22)16-6-8-18(9-7-16)27(23,24)21-11-12-25-2/h3-9,14,21H,10-13H2,1-2H3,(H,20,22). The third-order valence-electron chi connectivity index (χ3n) is 3.67. The van der Waals surface area contributed by atoms with Gasteiger partial charge in [0.1, 0.15) is 12.4 Å². The fraction of sp³-hybridized carbons (Fsp3) is 0.316. The van der Waals surface area contributed by atoms with Gasteiger partial charge in [0, 0.05) is 19.2 Å². The minimum Gasteiger partial charge on any atom is -0.492 e. The van der Waals surface area contributed by atoms with E-state index < -0.39 is 10.0 Å². The van der Waals surface area contributed by atoms with Crippen LogP contribution in [0.2, 0.25) is 0 Å². The molecule has 2 rings (SSSR count). The van der Waals surface area contributed by atoms with Gasteiger partial charge in [0.25, 0.3) is 5.91 Å². The molecule has 1 amide bonds. The Morgan fingerprint density at radius 3 is 2.44 bits per heavy atom. The van der Waals surface area contributed by atoms with E-state index in [9.17, 15) is 13.2 Å². The number of nitrogens with one attached hydrogen (secondary N) is 2. The number of carbonyl (C=O) groups excluding carboxylic acids is 1. The van der Waals surface area contributed by atoms with Crippen molar-refractivity contribution in [3.05, 3.63) is 59.7 Å². The van der Waals surface area contributed by atoms with Crippen LogP contribution in [-0.4, -0.2) is 47.7 Å². The monoisotopic (exact) mass is 392 g/mol. The highest BCUT2D eigenvalue weighted by Gasteiger charge is 2.14. The summed E-state index contributed by atoms with van der Waals surface area (Å²) in [5.41, 5.74) is 1.48. The second-order valence-corrected chi connectivity index (χ2v) is 7.60. The molecule has 0 spiro atoms. The Morgan fingerprint density at radius 2 is 1.78 bits per heavy atom. The van der Waals surface area contributed by atoms with E-state index in [4.69, 9.17) is 9.47 Å². The van der Waals surface area contributed by atoms with Crippen molar-refractivity contribution in [1.29, 1.82) is 0 Å². The first-order chi connectivity index (χ1) is 12.9. The van der Waals surface area contributed by atoms with E-state index in [1.807, 2.05) is 31.2 Å². The average Bonchev–Trinajstić information content (AvgIpc) is 2.65. The fourth-order valence-corrected chi connectivity index (χ4v) is 3.30. The van der Waals surface area contributed by atoms with Gasteiger partial charge >= 0.3 is 0 Å². The maximum Gasteiger partial charge on any atom is 0.251 e. The molecule has 0 radical (unpaired) electrons. The predicted octanol–water partition coefficient (Wildman–Crippen LogP) is 1.73. The van der Waals surface area contributed by atoms with E-state index in [1.165, 1.54) is 31.4 Å². The highest BCUT2D eigenvalue weighted by Crippen LogP contribution is 2.12. The Labute approximate surface area is 159 Å². The molecule has 0 aromatic heterocycles.